The quantitative estimate of drug-likeness (QED) is 0.325. The number of isocyanates is 1. The minimum absolute atomic E-state index is 0.118. The molecule has 0 aromatic carbocycles. The van der Waals surface area contributed by atoms with Gasteiger partial charge in [-0.05, 0) is 6.26 Å². The summed E-state index contributed by atoms with van der Waals surface area (Å²) in [7, 11) is 0. The molecule has 0 amide bonds. The lowest BCUT2D eigenvalue weighted by atomic mass is 10.6. The largest absolute Gasteiger partial charge is 0.236 e. The molecular weight excluding hydrogens is 122 g/mol. The average molecular weight is 129 g/mol. The van der Waals surface area contributed by atoms with E-state index < -0.39 is 0 Å². The van der Waals surface area contributed by atoms with E-state index in [1.165, 1.54) is 17.8 Å². The molecule has 0 aromatic heterocycles. The Bertz CT molecular complexity index is 118. The molecule has 0 aliphatic heterocycles. The summed E-state index contributed by atoms with van der Waals surface area (Å²) in [5.74, 6) is 0. The first-order valence-electron chi connectivity index (χ1n) is 2.07. The highest BCUT2D eigenvalue weighted by molar-refractivity contribution is 7.99. The van der Waals surface area contributed by atoms with Gasteiger partial charge in [-0.2, -0.15) is 4.99 Å². The SMILES string of the molecule is C=CC(N=C=O)SC. The van der Waals surface area contributed by atoms with E-state index in [2.05, 4.69) is 11.6 Å². The van der Waals surface area contributed by atoms with Crippen LogP contribution >= 0.6 is 11.8 Å². The summed E-state index contributed by atoms with van der Waals surface area (Å²) < 4.78 is 0. The third-order valence-electron chi connectivity index (χ3n) is 0.623. The van der Waals surface area contributed by atoms with Crippen molar-refractivity contribution in [3.8, 4) is 0 Å². The Hall–Kier alpha value is -0.530. The summed E-state index contributed by atoms with van der Waals surface area (Å²) in [6.45, 7) is 3.46. The zero-order valence-corrected chi connectivity index (χ0v) is 5.44. The minimum atomic E-state index is -0.118. The van der Waals surface area contributed by atoms with E-state index in [-0.39, 0.29) is 5.37 Å². The minimum Gasteiger partial charge on any atom is -0.211 e. The van der Waals surface area contributed by atoms with Crippen molar-refractivity contribution >= 4 is 17.8 Å². The first-order chi connectivity index (χ1) is 3.85. The van der Waals surface area contributed by atoms with Crippen LogP contribution in [0.1, 0.15) is 0 Å². The number of thioether (sulfide) groups is 1. The van der Waals surface area contributed by atoms with Crippen LogP contribution in [0.25, 0.3) is 0 Å². The maximum Gasteiger partial charge on any atom is 0.236 e. The fourth-order valence-corrected chi connectivity index (χ4v) is 0.594. The van der Waals surface area contributed by atoms with Crippen molar-refractivity contribution in [2.45, 2.75) is 5.37 Å². The highest BCUT2D eigenvalue weighted by Gasteiger charge is 1.92. The normalized spacial score (nSPS) is 11.6. The van der Waals surface area contributed by atoms with Crippen LogP contribution < -0.4 is 0 Å². The van der Waals surface area contributed by atoms with Gasteiger partial charge in [-0.25, -0.2) is 4.79 Å². The second kappa shape index (κ2) is 4.62. The lowest BCUT2D eigenvalue weighted by Crippen LogP contribution is -1.88. The van der Waals surface area contributed by atoms with Gasteiger partial charge in [-0.1, -0.05) is 6.08 Å². The standard InChI is InChI=1S/C5H7NOS/c1-3-5(8-2)6-4-7/h3,5H,1H2,2H3. The second-order valence-corrected chi connectivity index (χ2v) is 2.04. The molecule has 1 atom stereocenters. The predicted molar refractivity (Wildman–Crippen MR) is 35.6 cm³/mol. The highest BCUT2D eigenvalue weighted by Crippen LogP contribution is 2.06. The van der Waals surface area contributed by atoms with Crippen molar-refractivity contribution in [1.82, 2.24) is 0 Å². The van der Waals surface area contributed by atoms with Gasteiger partial charge in [-0.15, -0.1) is 18.3 Å². The fourth-order valence-electron chi connectivity index (χ4n) is 0.254. The van der Waals surface area contributed by atoms with Crippen LogP contribution in [-0.2, 0) is 4.79 Å². The number of nitrogens with zero attached hydrogens (tertiary/aromatic N) is 1. The molecule has 0 aromatic rings. The van der Waals surface area contributed by atoms with Crippen molar-refractivity contribution in [3.63, 3.8) is 0 Å². The van der Waals surface area contributed by atoms with Crippen LogP contribution in [0.3, 0.4) is 0 Å². The maximum atomic E-state index is 9.58. The van der Waals surface area contributed by atoms with E-state index in [1.807, 2.05) is 6.26 Å². The Morgan fingerprint density at radius 3 is 2.75 bits per heavy atom. The van der Waals surface area contributed by atoms with Crippen LogP contribution in [0.2, 0.25) is 0 Å². The zero-order chi connectivity index (χ0) is 6.41. The monoisotopic (exact) mass is 129 g/mol. The lowest BCUT2D eigenvalue weighted by molar-refractivity contribution is 0.563. The number of hydrogen-bond acceptors (Lipinski definition) is 3. The van der Waals surface area contributed by atoms with Gasteiger partial charge in [-0.3, -0.25) is 0 Å². The molecule has 0 rings (SSSR count). The van der Waals surface area contributed by atoms with Crippen molar-refractivity contribution in [3.05, 3.63) is 12.7 Å². The molecule has 0 heterocycles. The second-order valence-electron chi connectivity index (χ2n) is 1.08. The highest BCUT2D eigenvalue weighted by atomic mass is 32.2. The van der Waals surface area contributed by atoms with Gasteiger partial charge in [0, 0.05) is 0 Å². The Balaban J connectivity index is 3.69. The van der Waals surface area contributed by atoms with Crippen LogP contribution in [0.15, 0.2) is 17.6 Å². The molecule has 1 unspecified atom stereocenters. The molecule has 3 heteroatoms. The number of aliphatic imine (C=N–C) groups is 1. The maximum absolute atomic E-state index is 9.58. The topological polar surface area (TPSA) is 29.4 Å². The van der Waals surface area contributed by atoms with Crippen molar-refractivity contribution in [1.29, 1.82) is 0 Å². The number of hydrogen-bond donors (Lipinski definition) is 0. The van der Waals surface area contributed by atoms with E-state index in [9.17, 15) is 4.79 Å². The van der Waals surface area contributed by atoms with Crippen molar-refractivity contribution in [2.75, 3.05) is 6.26 Å². The van der Waals surface area contributed by atoms with Crippen LogP contribution in [0.4, 0.5) is 0 Å². The Kier molecular flexibility index (Phi) is 4.32. The molecule has 44 valence electrons. The van der Waals surface area contributed by atoms with Gasteiger partial charge in [0.1, 0.15) is 5.37 Å². The molecule has 0 radical (unpaired) electrons. The molecule has 0 saturated heterocycles. The van der Waals surface area contributed by atoms with Crippen LogP contribution in [0, 0.1) is 0 Å². The van der Waals surface area contributed by atoms with Gasteiger partial charge in [0.05, 0.1) is 0 Å². The summed E-state index contributed by atoms with van der Waals surface area (Å²) in [5.41, 5.74) is 0. The first-order valence-corrected chi connectivity index (χ1v) is 3.36. The Morgan fingerprint density at radius 1 is 2.00 bits per heavy atom. The molecule has 0 fully saturated rings. The smallest absolute Gasteiger partial charge is 0.211 e. The van der Waals surface area contributed by atoms with Gasteiger partial charge >= 0.3 is 0 Å². The summed E-state index contributed by atoms with van der Waals surface area (Å²) in [6.07, 6.45) is 4.90. The van der Waals surface area contributed by atoms with E-state index in [4.69, 9.17) is 0 Å². The molecule has 2 nitrogen and oxygen atoms in total. The van der Waals surface area contributed by atoms with E-state index in [1.54, 1.807) is 6.08 Å². The first kappa shape index (κ1) is 7.47. The van der Waals surface area contributed by atoms with Crippen molar-refractivity contribution < 1.29 is 4.79 Å². The third-order valence-corrected chi connectivity index (χ3v) is 1.40. The van der Waals surface area contributed by atoms with E-state index >= 15 is 0 Å². The number of rotatable bonds is 3. The van der Waals surface area contributed by atoms with Gasteiger partial charge in [0.2, 0.25) is 6.08 Å². The van der Waals surface area contributed by atoms with Crippen molar-refractivity contribution in [2.24, 2.45) is 4.99 Å². The summed E-state index contributed by atoms with van der Waals surface area (Å²) >= 11 is 1.45. The van der Waals surface area contributed by atoms with Crippen LogP contribution in [-0.4, -0.2) is 17.7 Å². The fraction of sp³-hybridized carbons (Fsp3) is 0.400. The molecule has 0 aliphatic rings. The molecule has 0 aliphatic carbocycles. The molecule has 0 N–H and O–H groups in total. The molecule has 0 bridgehead atoms. The Morgan fingerprint density at radius 2 is 2.62 bits per heavy atom. The third kappa shape index (κ3) is 2.61. The molecule has 0 spiro atoms. The summed E-state index contributed by atoms with van der Waals surface area (Å²) in [5, 5.41) is -0.118. The molecule has 8 heavy (non-hydrogen) atoms. The van der Waals surface area contributed by atoms with E-state index in [0.717, 1.165) is 0 Å². The van der Waals surface area contributed by atoms with Gasteiger partial charge < -0.3 is 0 Å². The van der Waals surface area contributed by atoms with Crippen LogP contribution in [0.5, 0.6) is 0 Å². The van der Waals surface area contributed by atoms with E-state index in [0.29, 0.717) is 0 Å². The predicted octanol–water partition coefficient (Wildman–Crippen LogP) is 1.20. The number of carbonyl (C=O) groups excluding carboxylic acids is 1. The Labute approximate surface area is 52.7 Å². The lowest BCUT2D eigenvalue weighted by Gasteiger charge is -1.94. The summed E-state index contributed by atoms with van der Waals surface area (Å²) in [6, 6.07) is 0. The zero-order valence-electron chi connectivity index (χ0n) is 4.63. The molecular formula is C5H7NOS. The van der Waals surface area contributed by atoms with Gasteiger partial charge in [0.25, 0.3) is 0 Å². The van der Waals surface area contributed by atoms with Gasteiger partial charge in [0.15, 0.2) is 0 Å². The average Bonchev–Trinajstić information content (AvgIpc) is 1.83. The summed E-state index contributed by atoms with van der Waals surface area (Å²) in [4.78, 5) is 13.0. The molecule has 0 saturated carbocycles.